The van der Waals surface area contributed by atoms with Gasteiger partial charge >= 0.3 is 0 Å². The molecule has 15 heavy (non-hydrogen) atoms. The van der Waals surface area contributed by atoms with Gasteiger partial charge < -0.3 is 14.3 Å². The monoisotopic (exact) mass is 277 g/mol. The SMILES string of the molecule is CONCc1c(F)cc2c(c1Br)OCO2. The largest absolute Gasteiger partial charge is 0.453 e. The fraction of sp³-hybridized carbons (Fsp3) is 0.333. The van der Waals surface area contributed by atoms with Crippen LogP contribution in [-0.4, -0.2) is 13.9 Å². The van der Waals surface area contributed by atoms with Crippen LogP contribution in [0.5, 0.6) is 11.5 Å². The number of rotatable bonds is 3. The number of ether oxygens (including phenoxy) is 2. The van der Waals surface area contributed by atoms with Gasteiger partial charge in [0.15, 0.2) is 11.5 Å². The van der Waals surface area contributed by atoms with E-state index in [0.29, 0.717) is 21.5 Å². The van der Waals surface area contributed by atoms with Gasteiger partial charge in [0.25, 0.3) is 0 Å². The van der Waals surface area contributed by atoms with Crippen molar-refractivity contribution in [3.8, 4) is 11.5 Å². The summed E-state index contributed by atoms with van der Waals surface area (Å²) in [6.07, 6.45) is 0. The van der Waals surface area contributed by atoms with Crippen molar-refractivity contribution in [2.24, 2.45) is 0 Å². The van der Waals surface area contributed by atoms with Gasteiger partial charge in [0.2, 0.25) is 6.79 Å². The number of benzene rings is 1. The van der Waals surface area contributed by atoms with Gasteiger partial charge in [-0.2, -0.15) is 5.48 Å². The third kappa shape index (κ3) is 1.92. The predicted molar refractivity (Wildman–Crippen MR) is 54.1 cm³/mol. The Kier molecular flexibility index (Phi) is 3.08. The molecule has 0 atom stereocenters. The van der Waals surface area contributed by atoms with E-state index in [9.17, 15) is 4.39 Å². The lowest BCUT2D eigenvalue weighted by Crippen LogP contribution is -2.12. The third-order valence-corrected chi connectivity index (χ3v) is 2.88. The van der Waals surface area contributed by atoms with E-state index in [1.165, 1.54) is 13.2 Å². The first kappa shape index (κ1) is 10.7. The zero-order chi connectivity index (χ0) is 10.8. The predicted octanol–water partition coefficient (Wildman–Crippen LogP) is 1.97. The minimum absolute atomic E-state index is 0.120. The van der Waals surface area contributed by atoms with Crippen molar-refractivity contribution >= 4 is 15.9 Å². The summed E-state index contributed by atoms with van der Waals surface area (Å²) < 4.78 is 24.4. The van der Waals surface area contributed by atoms with Crippen LogP contribution in [0, 0.1) is 5.82 Å². The van der Waals surface area contributed by atoms with Crippen molar-refractivity contribution in [3.63, 3.8) is 0 Å². The summed E-state index contributed by atoms with van der Waals surface area (Å²) in [5.41, 5.74) is 3.02. The van der Waals surface area contributed by atoms with Crippen LogP contribution in [0.1, 0.15) is 5.56 Å². The highest BCUT2D eigenvalue weighted by molar-refractivity contribution is 9.10. The number of halogens is 2. The molecule has 0 amide bonds. The molecule has 0 radical (unpaired) electrons. The van der Waals surface area contributed by atoms with Gasteiger partial charge in [-0.05, 0) is 15.9 Å². The molecule has 1 aliphatic heterocycles. The Morgan fingerprint density at radius 3 is 3.13 bits per heavy atom. The second kappa shape index (κ2) is 4.34. The third-order valence-electron chi connectivity index (χ3n) is 2.05. The molecule has 1 N–H and O–H groups in total. The summed E-state index contributed by atoms with van der Waals surface area (Å²) in [7, 11) is 1.47. The lowest BCUT2D eigenvalue weighted by atomic mass is 10.2. The average Bonchev–Trinajstić information content (AvgIpc) is 2.65. The van der Waals surface area contributed by atoms with Crippen molar-refractivity contribution in [1.82, 2.24) is 5.48 Å². The zero-order valence-corrected chi connectivity index (χ0v) is 9.56. The molecule has 0 unspecified atom stereocenters. The minimum atomic E-state index is -0.365. The first-order valence-corrected chi connectivity index (χ1v) is 5.05. The molecule has 4 nitrogen and oxygen atoms in total. The molecule has 1 aliphatic rings. The summed E-state index contributed by atoms with van der Waals surface area (Å²) in [6, 6.07) is 1.31. The summed E-state index contributed by atoms with van der Waals surface area (Å²) in [4.78, 5) is 4.67. The van der Waals surface area contributed by atoms with Crippen molar-refractivity contribution in [2.75, 3.05) is 13.9 Å². The Hall–Kier alpha value is -0.850. The van der Waals surface area contributed by atoms with Gasteiger partial charge in [0.05, 0.1) is 18.1 Å². The molecule has 0 aliphatic carbocycles. The smallest absolute Gasteiger partial charge is 0.231 e. The Morgan fingerprint density at radius 2 is 2.40 bits per heavy atom. The van der Waals surface area contributed by atoms with Gasteiger partial charge in [-0.25, -0.2) is 4.39 Å². The maximum absolute atomic E-state index is 13.6. The van der Waals surface area contributed by atoms with Crippen molar-refractivity contribution in [2.45, 2.75) is 6.54 Å². The van der Waals surface area contributed by atoms with Crippen LogP contribution in [0.2, 0.25) is 0 Å². The average molecular weight is 278 g/mol. The Bertz CT molecular complexity index is 386. The second-order valence-corrected chi connectivity index (χ2v) is 3.70. The number of hydrogen-bond acceptors (Lipinski definition) is 4. The van der Waals surface area contributed by atoms with E-state index in [-0.39, 0.29) is 19.2 Å². The van der Waals surface area contributed by atoms with Crippen molar-refractivity contribution < 1.29 is 18.7 Å². The fourth-order valence-electron chi connectivity index (χ4n) is 1.32. The number of fused-ring (bicyclic) bond motifs is 1. The highest BCUT2D eigenvalue weighted by atomic mass is 79.9. The van der Waals surface area contributed by atoms with Crippen LogP contribution < -0.4 is 15.0 Å². The van der Waals surface area contributed by atoms with E-state index in [1.54, 1.807) is 0 Å². The number of nitrogens with one attached hydrogen (secondary N) is 1. The van der Waals surface area contributed by atoms with Crippen molar-refractivity contribution in [1.29, 1.82) is 0 Å². The molecular formula is C9H9BrFNO3. The maximum Gasteiger partial charge on any atom is 0.231 e. The molecule has 0 aromatic heterocycles. The molecule has 82 valence electrons. The van der Waals surface area contributed by atoms with Crippen LogP contribution in [0.3, 0.4) is 0 Å². The highest BCUT2D eigenvalue weighted by Crippen LogP contribution is 2.42. The number of hydrogen-bond donors (Lipinski definition) is 1. The van der Waals surface area contributed by atoms with Gasteiger partial charge in [-0.1, -0.05) is 0 Å². The minimum Gasteiger partial charge on any atom is -0.453 e. The molecule has 0 saturated heterocycles. The van der Waals surface area contributed by atoms with E-state index in [0.717, 1.165) is 0 Å². The Labute approximate surface area is 94.4 Å². The quantitative estimate of drug-likeness (QED) is 0.858. The molecule has 0 spiro atoms. The van der Waals surface area contributed by atoms with Gasteiger partial charge in [-0.15, -0.1) is 0 Å². The van der Waals surface area contributed by atoms with E-state index < -0.39 is 0 Å². The molecule has 0 fully saturated rings. The highest BCUT2D eigenvalue weighted by Gasteiger charge is 2.22. The maximum atomic E-state index is 13.6. The Morgan fingerprint density at radius 1 is 1.60 bits per heavy atom. The Balaban J connectivity index is 2.37. The standard InChI is InChI=1S/C9H9BrFNO3/c1-13-12-3-5-6(11)2-7-9(8(5)10)15-4-14-7/h2,12H,3-4H2,1H3. The van der Waals surface area contributed by atoms with E-state index >= 15 is 0 Å². The summed E-state index contributed by atoms with van der Waals surface area (Å²) in [6.45, 7) is 0.369. The van der Waals surface area contributed by atoms with Crippen LogP contribution in [0.15, 0.2) is 10.5 Å². The van der Waals surface area contributed by atoms with Crippen molar-refractivity contribution in [3.05, 3.63) is 21.9 Å². The molecule has 0 saturated carbocycles. The van der Waals surface area contributed by atoms with E-state index in [1.807, 2.05) is 0 Å². The number of hydroxylamine groups is 1. The molecule has 1 aromatic carbocycles. The molecule has 1 heterocycles. The lowest BCUT2D eigenvalue weighted by molar-refractivity contribution is 0.0857. The van der Waals surface area contributed by atoms with Gasteiger partial charge in [-0.3, -0.25) is 0 Å². The van der Waals surface area contributed by atoms with Crippen LogP contribution in [0.4, 0.5) is 4.39 Å². The van der Waals surface area contributed by atoms with Gasteiger partial charge in [0.1, 0.15) is 5.82 Å². The summed E-state index contributed by atoms with van der Waals surface area (Å²) >= 11 is 3.27. The molecule has 1 aromatic rings. The molecular weight excluding hydrogens is 269 g/mol. The molecule has 2 rings (SSSR count). The van der Waals surface area contributed by atoms with Gasteiger partial charge in [0, 0.05) is 11.6 Å². The fourth-order valence-corrected chi connectivity index (χ4v) is 1.96. The normalized spacial score (nSPS) is 13.3. The van der Waals surface area contributed by atoms with E-state index in [2.05, 4.69) is 26.2 Å². The molecule has 6 heteroatoms. The van der Waals surface area contributed by atoms with Crippen LogP contribution in [-0.2, 0) is 11.4 Å². The first-order valence-electron chi connectivity index (χ1n) is 4.26. The summed E-state index contributed by atoms with van der Waals surface area (Å²) in [5.74, 6) is 0.584. The lowest BCUT2D eigenvalue weighted by Gasteiger charge is -2.08. The van der Waals surface area contributed by atoms with Crippen LogP contribution >= 0.6 is 15.9 Å². The van der Waals surface area contributed by atoms with E-state index in [4.69, 9.17) is 9.47 Å². The second-order valence-electron chi connectivity index (χ2n) is 2.91. The molecule has 0 bridgehead atoms. The first-order chi connectivity index (χ1) is 7.24. The zero-order valence-electron chi connectivity index (χ0n) is 7.97. The topological polar surface area (TPSA) is 39.7 Å². The summed E-state index contributed by atoms with van der Waals surface area (Å²) in [5, 5.41) is 0. The van der Waals surface area contributed by atoms with Crippen LogP contribution in [0.25, 0.3) is 0 Å².